The van der Waals surface area contributed by atoms with Crippen LogP contribution in [0.3, 0.4) is 0 Å². The number of furan rings is 1. The fraction of sp³-hybridized carbons (Fsp3) is 0.375. The van der Waals surface area contributed by atoms with Crippen molar-refractivity contribution in [2.45, 2.75) is 31.8 Å². The van der Waals surface area contributed by atoms with Gasteiger partial charge in [0.25, 0.3) is 5.91 Å². The van der Waals surface area contributed by atoms with Gasteiger partial charge in [-0.25, -0.2) is 0 Å². The molecule has 2 aromatic carbocycles. The number of carbonyl (C=O) groups is 1. The smallest absolute Gasteiger partial charge is 0.253 e. The number of likely N-dealkylation sites (tertiary alicyclic amines) is 1. The van der Waals surface area contributed by atoms with Gasteiger partial charge in [-0.1, -0.05) is 12.1 Å². The van der Waals surface area contributed by atoms with E-state index in [1.165, 1.54) is 11.1 Å². The monoisotopic (exact) mass is 391 g/mol. The minimum absolute atomic E-state index is 0.0664. The molecule has 150 valence electrons. The SMILES string of the molecule is COc1cccc2c1C1(CCN(C(=O)c3ccc4oc(C)cc4c3)CC1)OCC2. The third-order valence-electron chi connectivity index (χ3n) is 6.28. The first kappa shape index (κ1) is 18.3. The van der Waals surface area contributed by atoms with Gasteiger partial charge in [-0.05, 0) is 62.1 Å². The van der Waals surface area contributed by atoms with Crippen molar-refractivity contribution >= 4 is 16.9 Å². The Hall–Kier alpha value is -2.79. The molecular formula is C24H25NO4. The van der Waals surface area contributed by atoms with Crippen LogP contribution in [-0.4, -0.2) is 37.6 Å². The first-order valence-corrected chi connectivity index (χ1v) is 10.2. The van der Waals surface area contributed by atoms with Crippen molar-refractivity contribution in [3.8, 4) is 5.75 Å². The Bertz CT molecular complexity index is 1060. The summed E-state index contributed by atoms with van der Waals surface area (Å²) < 4.78 is 17.6. The van der Waals surface area contributed by atoms with Crippen LogP contribution in [0.25, 0.3) is 11.0 Å². The number of fused-ring (bicyclic) bond motifs is 3. The van der Waals surface area contributed by atoms with Gasteiger partial charge in [0.05, 0.1) is 13.7 Å². The number of amides is 1. The molecule has 1 spiro atoms. The molecule has 5 heteroatoms. The van der Waals surface area contributed by atoms with E-state index < -0.39 is 0 Å². The summed E-state index contributed by atoms with van der Waals surface area (Å²) in [6.07, 6.45) is 2.46. The summed E-state index contributed by atoms with van der Waals surface area (Å²) in [6.45, 7) is 3.96. The highest BCUT2D eigenvalue weighted by atomic mass is 16.5. The van der Waals surface area contributed by atoms with Crippen LogP contribution in [0.5, 0.6) is 5.75 Å². The summed E-state index contributed by atoms with van der Waals surface area (Å²) in [5, 5.41) is 0.969. The summed E-state index contributed by atoms with van der Waals surface area (Å²) in [5.41, 5.74) is 3.64. The highest BCUT2D eigenvalue weighted by molar-refractivity contribution is 5.98. The molecule has 3 heterocycles. The van der Waals surface area contributed by atoms with Crippen LogP contribution in [0.1, 0.15) is 40.1 Å². The topological polar surface area (TPSA) is 51.9 Å². The second kappa shape index (κ2) is 6.92. The lowest BCUT2D eigenvalue weighted by molar-refractivity contribution is -0.0946. The van der Waals surface area contributed by atoms with E-state index in [9.17, 15) is 4.79 Å². The molecule has 0 aliphatic carbocycles. The summed E-state index contributed by atoms with van der Waals surface area (Å²) in [6, 6.07) is 13.9. The van der Waals surface area contributed by atoms with E-state index >= 15 is 0 Å². The van der Waals surface area contributed by atoms with Crippen molar-refractivity contribution in [1.82, 2.24) is 4.90 Å². The Kier molecular flexibility index (Phi) is 4.36. The molecule has 2 aliphatic rings. The average molecular weight is 391 g/mol. The molecular weight excluding hydrogens is 366 g/mol. The predicted octanol–water partition coefficient (Wildman–Crippen LogP) is 4.45. The predicted molar refractivity (Wildman–Crippen MR) is 110 cm³/mol. The molecule has 0 radical (unpaired) electrons. The van der Waals surface area contributed by atoms with E-state index in [1.807, 2.05) is 48.2 Å². The first-order valence-electron chi connectivity index (χ1n) is 10.2. The van der Waals surface area contributed by atoms with Crippen molar-refractivity contribution in [2.24, 2.45) is 0 Å². The number of hydrogen-bond donors (Lipinski definition) is 0. The lowest BCUT2D eigenvalue weighted by atomic mass is 9.78. The van der Waals surface area contributed by atoms with Gasteiger partial charge >= 0.3 is 0 Å². The standard InChI is InChI=1S/C24H25NO4/c1-16-14-19-15-18(6-7-20(19)29-16)23(26)25-11-9-24(10-12-25)22-17(8-13-28-24)4-3-5-21(22)27-2/h3-7,14-15H,8-13H2,1-2H3. The average Bonchev–Trinajstić information content (AvgIpc) is 3.13. The highest BCUT2D eigenvalue weighted by Crippen LogP contribution is 2.45. The zero-order valence-corrected chi connectivity index (χ0v) is 16.9. The van der Waals surface area contributed by atoms with Crippen LogP contribution < -0.4 is 4.74 Å². The maximum absolute atomic E-state index is 13.1. The zero-order chi connectivity index (χ0) is 20.0. The van der Waals surface area contributed by atoms with Crippen LogP contribution >= 0.6 is 0 Å². The van der Waals surface area contributed by atoms with E-state index in [2.05, 4.69) is 6.07 Å². The zero-order valence-electron chi connectivity index (χ0n) is 16.9. The third kappa shape index (κ3) is 3.01. The molecule has 0 atom stereocenters. The molecule has 0 bridgehead atoms. The molecule has 2 aliphatic heterocycles. The Labute approximate surface area is 170 Å². The molecule has 1 fully saturated rings. The van der Waals surface area contributed by atoms with Gasteiger partial charge in [-0.15, -0.1) is 0 Å². The summed E-state index contributed by atoms with van der Waals surface area (Å²) >= 11 is 0. The van der Waals surface area contributed by atoms with Gasteiger partial charge in [0, 0.05) is 29.6 Å². The molecule has 5 nitrogen and oxygen atoms in total. The van der Waals surface area contributed by atoms with Crippen LogP contribution in [0.4, 0.5) is 0 Å². The molecule has 3 aromatic rings. The largest absolute Gasteiger partial charge is 0.496 e. The van der Waals surface area contributed by atoms with Gasteiger partial charge in [0.2, 0.25) is 0 Å². The molecule has 1 aromatic heterocycles. The molecule has 1 amide bonds. The number of aryl methyl sites for hydroxylation is 1. The second-order valence-corrected chi connectivity index (χ2v) is 7.99. The molecule has 0 unspecified atom stereocenters. The van der Waals surface area contributed by atoms with Crippen molar-refractivity contribution in [3.05, 3.63) is 64.9 Å². The Morgan fingerprint density at radius 2 is 1.97 bits per heavy atom. The Balaban J connectivity index is 1.39. The Morgan fingerprint density at radius 1 is 1.14 bits per heavy atom. The summed E-state index contributed by atoms with van der Waals surface area (Å²) in [7, 11) is 1.71. The van der Waals surface area contributed by atoms with Crippen molar-refractivity contribution in [1.29, 1.82) is 0 Å². The van der Waals surface area contributed by atoms with Gasteiger partial charge in [0.1, 0.15) is 22.7 Å². The van der Waals surface area contributed by atoms with E-state index in [-0.39, 0.29) is 11.5 Å². The van der Waals surface area contributed by atoms with Gasteiger partial charge < -0.3 is 18.8 Å². The number of hydrogen-bond acceptors (Lipinski definition) is 4. The third-order valence-corrected chi connectivity index (χ3v) is 6.28. The summed E-state index contributed by atoms with van der Waals surface area (Å²) in [5.74, 6) is 1.81. The second-order valence-electron chi connectivity index (χ2n) is 7.99. The van der Waals surface area contributed by atoms with E-state index in [1.54, 1.807) is 7.11 Å². The number of rotatable bonds is 2. The van der Waals surface area contributed by atoms with Crippen LogP contribution in [0.2, 0.25) is 0 Å². The van der Waals surface area contributed by atoms with Crippen molar-refractivity contribution in [3.63, 3.8) is 0 Å². The maximum atomic E-state index is 13.1. The number of ether oxygens (including phenoxy) is 2. The highest BCUT2D eigenvalue weighted by Gasteiger charge is 2.43. The molecule has 0 saturated carbocycles. The lowest BCUT2D eigenvalue weighted by Gasteiger charge is -2.45. The summed E-state index contributed by atoms with van der Waals surface area (Å²) in [4.78, 5) is 15.1. The van der Waals surface area contributed by atoms with Gasteiger partial charge in [0.15, 0.2) is 0 Å². The number of benzene rings is 2. The number of nitrogens with zero attached hydrogens (tertiary/aromatic N) is 1. The van der Waals surface area contributed by atoms with E-state index in [0.717, 1.165) is 41.7 Å². The number of piperidine rings is 1. The van der Waals surface area contributed by atoms with Crippen LogP contribution in [0, 0.1) is 6.92 Å². The van der Waals surface area contributed by atoms with Crippen molar-refractivity contribution in [2.75, 3.05) is 26.8 Å². The maximum Gasteiger partial charge on any atom is 0.253 e. The normalized spacial score (nSPS) is 18.1. The van der Waals surface area contributed by atoms with Crippen LogP contribution in [-0.2, 0) is 16.8 Å². The van der Waals surface area contributed by atoms with Crippen molar-refractivity contribution < 1.29 is 18.7 Å². The molecule has 0 N–H and O–H groups in total. The van der Waals surface area contributed by atoms with E-state index in [0.29, 0.717) is 25.3 Å². The fourth-order valence-electron chi connectivity index (χ4n) is 4.86. The molecule has 29 heavy (non-hydrogen) atoms. The quantitative estimate of drug-likeness (QED) is 0.647. The minimum Gasteiger partial charge on any atom is -0.496 e. The Morgan fingerprint density at radius 3 is 2.76 bits per heavy atom. The molecule has 1 saturated heterocycles. The van der Waals surface area contributed by atoms with E-state index in [4.69, 9.17) is 13.9 Å². The fourth-order valence-corrected chi connectivity index (χ4v) is 4.86. The molecule has 5 rings (SSSR count). The van der Waals surface area contributed by atoms with Gasteiger partial charge in [-0.2, -0.15) is 0 Å². The first-order chi connectivity index (χ1) is 14.1. The van der Waals surface area contributed by atoms with Gasteiger partial charge in [-0.3, -0.25) is 4.79 Å². The van der Waals surface area contributed by atoms with Crippen LogP contribution in [0.15, 0.2) is 46.9 Å². The number of methoxy groups -OCH3 is 1. The number of carbonyl (C=O) groups excluding carboxylic acids is 1. The lowest BCUT2D eigenvalue weighted by Crippen LogP contribution is -2.48. The minimum atomic E-state index is -0.359.